The minimum Gasteiger partial charge on any atom is -0.300 e. The predicted octanol–water partition coefficient (Wildman–Crippen LogP) is 3.50. The van der Waals surface area contributed by atoms with Crippen LogP contribution in [0.3, 0.4) is 0 Å². The van der Waals surface area contributed by atoms with Crippen molar-refractivity contribution in [3.8, 4) is 0 Å². The number of carbonyl (C=O) groups excluding carboxylic acids is 1. The van der Waals surface area contributed by atoms with E-state index in [1.807, 2.05) is 13.0 Å². The molecule has 0 heterocycles. The van der Waals surface area contributed by atoms with Crippen LogP contribution in [0, 0.1) is 5.82 Å². The maximum atomic E-state index is 13.1. The van der Waals surface area contributed by atoms with Crippen molar-refractivity contribution in [1.29, 1.82) is 0 Å². The molecule has 0 aliphatic carbocycles. The zero-order valence-electron chi connectivity index (χ0n) is 8.02. The Morgan fingerprint density at radius 2 is 2.21 bits per heavy atom. The number of hydrogen-bond acceptors (Lipinski definition) is 1. The third-order valence-corrected chi connectivity index (χ3v) is 2.99. The van der Waals surface area contributed by atoms with Crippen molar-refractivity contribution in [3.63, 3.8) is 0 Å². The lowest BCUT2D eigenvalue weighted by atomic mass is 10.1. The summed E-state index contributed by atoms with van der Waals surface area (Å²) in [6, 6.07) is 4.89. The van der Waals surface area contributed by atoms with Crippen LogP contribution in [0.25, 0.3) is 0 Å². The highest BCUT2D eigenvalue weighted by atomic mass is 79.9. The van der Waals surface area contributed by atoms with E-state index in [-0.39, 0.29) is 11.6 Å². The van der Waals surface area contributed by atoms with Crippen LogP contribution in [-0.4, -0.2) is 5.78 Å². The van der Waals surface area contributed by atoms with Gasteiger partial charge in [-0.25, -0.2) is 4.39 Å². The van der Waals surface area contributed by atoms with Gasteiger partial charge in [0.1, 0.15) is 11.6 Å². The van der Waals surface area contributed by atoms with Gasteiger partial charge in [-0.1, -0.05) is 19.1 Å². The monoisotopic (exact) mass is 258 g/mol. The molecule has 14 heavy (non-hydrogen) atoms. The number of ketones is 1. The minimum absolute atomic E-state index is 0.209. The molecule has 0 atom stereocenters. The Labute approximate surface area is 91.5 Å². The summed E-state index contributed by atoms with van der Waals surface area (Å²) in [7, 11) is 0. The Bertz CT molecular complexity index is 336. The molecule has 0 N–H and O–H groups in total. The summed E-state index contributed by atoms with van der Waals surface area (Å²) < 4.78 is 13.5. The molecule has 1 nitrogen and oxygen atoms in total. The molecule has 0 spiro atoms. The average molecular weight is 259 g/mol. The summed E-state index contributed by atoms with van der Waals surface area (Å²) in [5, 5.41) is 0. The van der Waals surface area contributed by atoms with Gasteiger partial charge in [0.05, 0.1) is 4.47 Å². The molecule has 0 unspecified atom stereocenters. The number of Topliss-reactive ketones (excluding diaryl/α,β-unsaturated/α-hetero) is 1. The fourth-order valence-corrected chi connectivity index (χ4v) is 1.65. The first kappa shape index (κ1) is 11.4. The van der Waals surface area contributed by atoms with Gasteiger partial charge in [0.15, 0.2) is 0 Å². The summed E-state index contributed by atoms with van der Waals surface area (Å²) in [6.07, 6.45) is 1.64. The van der Waals surface area contributed by atoms with E-state index < -0.39 is 0 Å². The SMILES string of the molecule is CCC(=O)CCc1cccc(F)c1Br. The van der Waals surface area contributed by atoms with Gasteiger partial charge in [-0.05, 0) is 34.0 Å². The van der Waals surface area contributed by atoms with E-state index in [1.54, 1.807) is 6.07 Å². The summed E-state index contributed by atoms with van der Waals surface area (Å²) >= 11 is 3.17. The molecule has 1 rings (SSSR count). The molecule has 0 saturated heterocycles. The van der Waals surface area contributed by atoms with E-state index >= 15 is 0 Å². The van der Waals surface area contributed by atoms with Crippen LogP contribution in [0.1, 0.15) is 25.3 Å². The molecular formula is C11H12BrFO. The zero-order valence-corrected chi connectivity index (χ0v) is 9.60. The van der Waals surface area contributed by atoms with E-state index in [1.165, 1.54) is 6.07 Å². The quantitative estimate of drug-likeness (QED) is 0.808. The van der Waals surface area contributed by atoms with Crippen LogP contribution in [0.4, 0.5) is 4.39 Å². The Morgan fingerprint density at radius 1 is 1.50 bits per heavy atom. The number of rotatable bonds is 4. The summed E-state index contributed by atoms with van der Waals surface area (Å²) in [4.78, 5) is 11.1. The zero-order chi connectivity index (χ0) is 10.6. The molecule has 0 bridgehead atoms. The van der Waals surface area contributed by atoms with Gasteiger partial charge in [-0.3, -0.25) is 4.79 Å². The second-order valence-corrected chi connectivity index (χ2v) is 3.90. The Kier molecular flexibility index (Phi) is 4.26. The Hall–Kier alpha value is -0.700. The molecule has 76 valence electrons. The first-order chi connectivity index (χ1) is 6.65. The van der Waals surface area contributed by atoms with Crippen LogP contribution in [0.15, 0.2) is 22.7 Å². The van der Waals surface area contributed by atoms with Gasteiger partial charge in [-0.2, -0.15) is 0 Å². The topological polar surface area (TPSA) is 17.1 Å². The summed E-state index contributed by atoms with van der Waals surface area (Å²) in [6.45, 7) is 1.84. The first-order valence-corrected chi connectivity index (χ1v) is 5.39. The molecule has 3 heteroatoms. The normalized spacial score (nSPS) is 10.2. The van der Waals surface area contributed by atoms with Gasteiger partial charge in [0, 0.05) is 12.8 Å². The van der Waals surface area contributed by atoms with Gasteiger partial charge in [0.25, 0.3) is 0 Å². The number of hydrogen-bond donors (Lipinski definition) is 0. The summed E-state index contributed by atoms with van der Waals surface area (Å²) in [5.41, 5.74) is 0.854. The third kappa shape index (κ3) is 2.91. The first-order valence-electron chi connectivity index (χ1n) is 4.59. The van der Waals surface area contributed by atoms with Gasteiger partial charge >= 0.3 is 0 Å². The predicted molar refractivity (Wildman–Crippen MR) is 57.7 cm³/mol. The van der Waals surface area contributed by atoms with Crippen molar-refractivity contribution in [3.05, 3.63) is 34.1 Å². The van der Waals surface area contributed by atoms with Crippen LogP contribution in [0.5, 0.6) is 0 Å². The van der Waals surface area contributed by atoms with E-state index in [2.05, 4.69) is 15.9 Å². The molecule has 0 saturated carbocycles. The van der Waals surface area contributed by atoms with Crippen LogP contribution in [0.2, 0.25) is 0 Å². The fourth-order valence-electron chi connectivity index (χ4n) is 1.19. The molecule has 0 radical (unpaired) electrons. The van der Waals surface area contributed by atoms with E-state index in [0.29, 0.717) is 23.7 Å². The maximum Gasteiger partial charge on any atom is 0.137 e. The smallest absolute Gasteiger partial charge is 0.137 e. The van der Waals surface area contributed by atoms with Crippen molar-refractivity contribution in [2.75, 3.05) is 0 Å². The molecule has 0 fully saturated rings. The van der Waals surface area contributed by atoms with Crippen LogP contribution >= 0.6 is 15.9 Å². The largest absolute Gasteiger partial charge is 0.300 e. The van der Waals surface area contributed by atoms with Gasteiger partial charge in [0.2, 0.25) is 0 Å². The average Bonchev–Trinajstić information content (AvgIpc) is 2.20. The van der Waals surface area contributed by atoms with Crippen molar-refractivity contribution in [2.24, 2.45) is 0 Å². The molecule has 0 aliphatic heterocycles. The molecule has 0 amide bonds. The minimum atomic E-state index is -0.272. The molecule has 1 aromatic rings. The van der Waals surface area contributed by atoms with Crippen molar-refractivity contribution in [1.82, 2.24) is 0 Å². The van der Waals surface area contributed by atoms with Crippen LogP contribution in [-0.2, 0) is 11.2 Å². The molecule has 1 aromatic carbocycles. The van der Waals surface area contributed by atoms with Crippen molar-refractivity contribution >= 4 is 21.7 Å². The standard InChI is InChI=1S/C11H12BrFO/c1-2-9(14)7-6-8-4-3-5-10(13)11(8)12/h3-5H,2,6-7H2,1H3. The van der Waals surface area contributed by atoms with Gasteiger partial charge < -0.3 is 0 Å². The fraction of sp³-hybridized carbons (Fsp3) is 0.364. The van der Waals surface area contributed by atoms with E-state index in [4.69, 9.17) is 0 Å². The highest BCUT2D eigenvalue weighted by Crippen LogP contribution is 2.21. The van der Waals surface area contributed by atoms with Crippen molar-refractivity contribution in [2.45, 2.75) is 26.2 Å². The Morgan fingerprint density at radius 3 is 2.86 bits per heavy atom. The number of benzene rings is 1. The number of carbonyl (C=O) groups is 1. The third-order valence-electron chi connectivity index (χ3n) is 2.10. The van der Waals surface area contributed by atoms with E-state index in [0.717, 1.165) is 5.56 Å². The van der Waals surface area contributed by atoms with Crippen molar-refractivity contribution < 1.29 is 9.18 Å². The maximum absolute atomic E-state index is 13.1. The number of halogens is 2. The highest BCUT2D eigenvalue weighted by molar-refractivity contribution is 9.10. The lowest BCUT2D eigenvalue weighted by Gasteiger charge is -2.03. The second kappa shape index (κ2) is 5.25. The molecule has 0 aliphatic rings. The molecular weight excluding hydrogens is 247 g/mol. The summed E-state index contributed by atoms with van der Waals surface area (Å²) in [5.74, 6) is -0.0624. The second-order valence-electron chi connectivity index (χ2n) is 3.11. The highest BCUT2D eigenvalue weighted by Gasteiger charge is 2.06. The molecule has 0 aromatic heterocycles. The Balaban J connectivity index is 2.68. The van der Waals surface area contributed by atoms with E-state index in [9.17, 15) is 9.18 Å². The van der Waals surface area contributed by atoms with Crippen LogP contribution < -0.4 is 0 Å². The lowest BCUT2D eigenvalue weighted by molar-refractivity contribution is -0.118. The number of aryl methyl sites for hydroxylation is 1. The van der Waals surface area contributed by atoms with Gasteiger partial charge in [-0.15, -0.1) is 0 Å². The lowest BCUT2D eigenvalue weighted by Crippen LogP contribution is -1.99.